The van der Waals surface area contributed by atoms with Crippen LogP contribution in [0.25, 0.3) is 16.6 Å². The molecule has 0 unspecified atom stereocenters. The second-order valence-electron chi connectivity index (χ2n) is 4.93. The van der Waals surface area contributed by atoms with Crippen LogP contribution in [0.15, 0.2) is 41.3 Å². The van der Waals surface area contributed by atoms with Crippen molar-refractivity contribution in [1.29, 1.82) is 0 Å². The molecule has 0 aliphatic heterocycles. The molecular formula is C16H7ClF3NO3. The van der Waals surface area contributed by atoms with Crippen LogP contribution >= 0.6 is 11.6 Å². The Morgan fingerprint density at radius 3 is 2.42 bits per heavy atom. The van der Waals surface area contributed by atoms with Gasteiger partial charge in [0, 0.05) is 17.6 Å². The molecule has 1 N–H and O–H groups in total. The van der Waals surface area contributed by atoms with Gasteiger partial charge in [-0.3, -0.25) is 4.79 Å². The predicted molar refractivity (Wildman–Crippen MR) is 81.4 cm³/mol. The maximum Gasteiger partial charge on any atom is 0.341 e. The third-order valence-corrected chi connectivity index (χ3v) is 3.73. The molecule has 8 heteroatoms. The van der Waals surface area contributed by atoms with Gasteiger partial charge in [-0.25, -0.2) is 18.0 Å². The minimum atomic E-state index is -1.56. The lowest BCUT2D eigenvalue weighted by Gasteiger charge is -2.14. The molecule has 0 aliphatic carbocycles. The maximum atomic E-state index is 14.1. The van der Waals surface area contributed by atoms with Gasteiger partial charge in [-0.1, -0.05) is 11.6 Å². The molecule has 0 atom stereocenters. The van der Waals surface area contributed by atoms with Crippen molar-refractivity contribution >= 4 is 28.5 Å². The Kier molecular flexibility index (Phi) is 3.81. The van der Waals surface area contributed by atoms with E-state index in [9.17, 15) is 22.8 Å². The normalized spacial score (nSPS) is 11.0. The summed E-state index contributed by atoms with van der Waals surface area (Å²) in [5, 5.41) is 8.52. The van der Waals surface area contributed by atoms with Crippen molar-refractivity contribution in [3.8, 4) is 5.69 Å². The number of pyridine rings is 1. The summed E-state index contributed by atoms with van der Waals surface area (Å²) in [5.41, 5.74) is -1.85. The number of fused-ring (bicyclic) bond motifs is 1. The summed E-state index contributed by atoms with van der Waals surface area (Å²) >= 11 is 5.71. The molecular weight excluding hydrogens is 347 g/mol. The molecule has 0 radical (unpaired) electrons. The molecule has 0 fully saturated rings. The second-order valence-corrected chi connectivity index (χ2v) is 5.33. The van der Waals surface area contributed by atoms with Gasteiger partial charge < -0.3 is 9.67 Å². The highest BCUT2D eigenvalue weighted by molar-refractivity contribution is 6.31. The Hall–Kier alpha value is -2.80. The van der Waals surface area contributed by atoms with Crippen molar-refractivity contribution in [2.24, 2.45) is 0 Å². The van der Waals surface area contributed by atoms with Gasteiger partial charge in [0.2, 0.25) is 5.43 Å². The highest BCUT2D eigenvalue weighted by Gasteiger charge is 2.18. The molecule has 0 bridgehead atoms. The Bertz CT molecular complexity index is 1060. The zero-order chi connectivity index (χ0) is 17.6. The molecule has 2 aromatic carbocycles. The fourth-order valence-corrected chi connectivity index (χ4v) is 2.51. The van der Waals surface area contributed by atoms with Crippen LogP contribution < -0.4 is 5.43 Å². The van der Waals surface area contributed by atoms with Gasteiger partial charge in [-0.05, 0) is 24.3 Å². The van der Waals surface area contributed by atoms with Crippen molar-refractivity contribution in [3.63, 3.8) is 0 Å². The zero-order valence-corrected chi connectivity index (χ0v) is 12.4. The van der Waals surface area contributed by atoms with E-state index < -0.39 is 34.4 Å². The third kappa shape index (κ3) is 2.52. The number of carbonyl (C=O) groups is 1. The quantitative estimate of drug-likeness (QED) is 0.763. The number of aromatic nitrogens is 1. The average Bonchev–Trinajstić information content (AvgIpc) is 2.50. The van der Waals surface area contributed by atoms with Crippen LogP contribution in [0.4, 0.5) is 13.2 Å². The van der Waals surface area contributed by atoms with Crippen LogP contribution in [0.5, 0.6) is 0 Å². The summed E-state index contributed by atoms with van der Waals surface area (Å²) in [6.07, 6.45) is 0.886. The van der Waals surface area contributed by atoms with E-state index in [1.165, 1.54) is 0 Å². The van der Waals surface area contributed by atoms with E-state index in [2.05, 4.69) is 0 Å². The lowest BCUT2D eigenvalue weighted by atomic mass is 10.1. The number of carboxylic acids is 1. The molecule has 3 rings (SSSR count). The summed E-state index contributed by atoms with van der Waals surface area (Å²) in [5.74, 6) is -4.30. The highest BCUT2D eigenvalue weighted by atomic mass is 35.5. The molecule has 0 aliphatic rings. The van der Waals surface area contributed by atoms with Gasteiger partial charge in [0.25, 0.3) is 0 Å². The lowest BCUT2D eigenvalue weighted by Crippen LogP contribution is -2.19. The van der Waals surface area contributed by atoms with E-state index in [1.54, 1.807) is 0 Å². The van der Waals surface area contributed by atoms with E-state index in [1.807, 2.05) is 0 Å². The Labute approximate surface area is 137 Å². The Morgan fingerprint density at radius 1 is 1.08 bits per heavy atom. The lowest BCUT2D eigenvalue weighted by molar-refractivity contribution is 0.0695. The van der Waals surface area contributed by atoms with Crippen LogP contribution in [-0.4, -0.2) is 15.6 Å². The standard InChI is InChI=1S/C16H7ClF3NO3/c17-10-5-14-8(4-11(10)19)15(22)9(16(23)24)6-21(14)13-2-1-7(18)3-12(13)20/h1-6H,(H,23,24). The first-order chi connectivity index (χ1) is 11.3. The van der Waals surface area contributed by atoms with Crippen LogP contribution in [0.3, 0.4) is 0 Å². The van der Waals surface area contributed by atoms with Gasteiger partial charge in [0.15, 0.2) is 0 Å². The number of benzene rings is 2. The van der Waals surface area contributed by atoms with Gasteiger partial charge in [0.1, 0.15) is 23.0 Å². The summed E-state index contributed by atoms with van der Waals surface area (Å²) in [4.78, 5) is 23.5. The topological polar surface area (TPSA) is 59.3 Å². The van der Waals surface area contributed by atoms with Gasteiger partial charge >= 0.3 is 5.97 Å². The number of rotatable bonds is 2. The number of nitrogens with zero attached hydrogens (tertiary/aromatic N) is 1. The highest BCUT2D eigenvalue weighted by Crippen LogP contribution is 2.25. The van der Waals surface area contributed by atoms with Crippen molar-refractivity contribution in [2.75, 3.05) is 0 Å². The number of hydrogen-bond acceptors (Lipinski definition) is 2. The largest absolute Gasteiger partial charge is 0.477 e. The molecule has 122 valence electrons. The number of hydrogen-bond donors (Lipinski definition) is 1. The second kappa shape index (κ2) is 5.68. The van der Waals surface area contributed by atoms with Gasteiger partial charge in [-0.2, -0.15) is 0 Å². The summed E-state index contributed by atoms with van der Waals surface area (Å²) < 4.78 is 41.9. The van der Waals surface area contributed by atoms with Gasteiger partial charge in [-0.15, -0.1) is 0 Å². The predicted octanol–water partition coefficient (Wildman–Crippen LogP) is 3.76. The van der Waals surface area contributed by atoms with Crippen LogP contribution in [0.2, 0.25) is 5.02 Å². The first-order valence-corrected chi connectivity index (χ1v) is 6.90. The van der Waals surface area contributed by atoms with Crippen molar-refractivity contribution in [1.82, 2.24) is 4.57 Å². The number of aromatic carboxylic acids is 1. The van der Waals surface area contributed by atoms with Crippen LogP contribution in [0, 0.1) is 17.5 Å². The monoisotopic (exact) mass is 353 g/mol. The van der Waals surface area contributed by atoms with Crippen LogP contribution in [-0.2, 0) is 0 Å². The summed E-state index contributed by atoms with van der Waals surface area (Å²) in [7, 11) is 0. The van der Waals surface area contributed by atoms with E-state index in [0.717, 1.165) is 35.0 Å². The third-order valence-electron chi connectivity index (χ3n) is 3.45. The first kappa shape index (κ1) is 16.1. The van der Waals surface area contributed by atoms with E-state index in [-0.39, 0.29) is 21.6 Å². The molecule has 1 heterocycles. The summed E-state index contributed by atoms with van der Waals surface area (Å²) in [6.45, 7) is 0. The fourth-order valence-electron chi connectivity index (χ4n) is 2.35. The molecule has 0 amide bonds. The maximum absolute atomic E-state index is 14.1. The minimum absolute atomic E-state index is 0.0121. The molecule has 3 aromatic rings. The minimum Gasteiger partial charge on any atom is -0.477 e. The molecule has 24 heavy (non-hydrogen) atoms. The SMILES string of the molecule is O=C(O)c1cn(-c2ccc(F)cc2F)c2cc(Cl)c(F)cc2c1=O. The molecule has 0 spiro atoms. The Morgan fingerprint density at radius 2 is 1.79 bits per heavy atom. The smallest absolute Gasteiger partial charge is 0.341 e. The van der Waals surface area contributed by atoms with Gasteiger partial charge in [0.05, 0.1) is 16.2 Å². The van der Waals surface area contributed by atoms with E-state index in [0.29, 0.717) is 6.07 Å². The molecule has 0 saturated heterocycles. The fraction of sp³-hybridized carbons (Fsp3) is 0. The summed E-state index contributed by atoms with van der Waals surface area (Å²) in [6, 6.07) is 4.49. The van der Waals surface area contributed by atoms with Crippen molar-refractivity contribution < 1.29 is 23.1 Å². The molecule has 1 aromatic heterocycles. The van der Waals surface area contributed by atoms with Crippen molar-refractivity contribution in [2.45, 2.75) is 0 Å². The first-order valence-electron chi connectivity index (χ1n) is 6.52. The van der Waals surface area contributed by atoms with Crippen LogP contribution in [0.1, 0.15) is 10.4 Å². The number of halogens is 4. The molecule has 0 saturated carbocycles. The Balaban J connectivity index is 2.50. The van der Waals surface area contributed by atoms with E-state index >= 15 is 0 Å². The average molecular weight is 354 g/mol. The zero-order valence-electron chi connectivity index (χ0n) is 11.7. The van der Waals surface area contributed by atoms with E-state index in [4.69, 9.17) is 16.7 Å². The van der Waals surface area contributed by atoms with Crippen molar-refractivity contribution in [3.05, 3.63) is 74.8 Å². The number of carboxylic acid groups (broad SMARTS) is 1. The molecule has 4 nitrogen and oxygen atoms in total.